The molecule has 1 aliphatic heterocycles. The zero-order valence-corrected chi connectivity index (χ0v) is 12.3. The van der Waals surface area contributed by atoms with Crippen LogP contribution in [0.3, 0.4) is 0 Å². The van der Waals surface area contributed by atoms with Crippen LogP contribution < -0.4 is 5.73 Å². The van der Waals surface area contributed by atoms with E-state index in [9.17, 15) is 9.18 Å². The lowest BCUT2D eigenvalue weighted by molar-refractivity contribution is 0.0795. The van der Waals surface area contributed by atoms with E-state index < -0.39 is 0 Å². The van der Waals surface area contributed by atoms with E-state index in [1.54, 1.807) is 23.2 Å². The summed E-state index contributed by atoms with van der Waals surface area (Å²) < 4.78 is 12.9. The summed E-state index contributed by atoms with van der Waals surface area (Å²) in [7, 11) is 0. The van der Waals surface area contributed by atoms with E-state index in [1.807, 2.05) is 0 Å². The Morgan fingerprint density at radius 1 is 1.43 bits per heavy atom. The van der Waals surface area contributed by atoms with Gasteiger partial charge in [-0.2, -0.15) is 0 Å². The predicted molar refractivity (Wildman–Crippen MR) is 79.8 cm³/mol. The van der Waals surface area contributed by atoms with Crippen molar-refractivity contribution in [3.05, 3.63) is 51.7 Å². The quantitative estimate of drug-likeness (QED) is 0.944. The van der Waals surface area contributed by atoms with Crippen molar-refractivity contribution in [1.82, 2.24) is 9.88 Å². The largest absolute Gasteiger partial charge is 0.336 e. The van der Waals surface area contributed by atoms with Crippen molar-refractivity contribution in [2.45, 2.75) is 18.9 Å². The molecule has 1 atom stereocenters. The standard InChI is InChI=1S/C15H16FN3OS/c16-11-3-1-10(2-4-11)7-14-18-8-13(21-14)15(20)19-6-5-12(17)9-19/h1-4,8,12H,5-7,9,17H2. The van der Waals surface area contributed by atoms with E-state index in [-0.39, 0.29) is 17.8 Å². The van der Waals surface area contributed by atoms with Gasteiger partial charge in [-0.15, -0.1) is 11.3 Å². The highest BCUT2D eigenvalue weighted by atomic mass is 32.1. The molecule has 6 heteroatoms. The highest BCUT2D eigenvalue weighted by Gasteiger charge is 2.25. The summed E-state index contributed by atoms with van der Waals surface area (Å²) in [5.41, 5.74) is 6.80. The maximum Gasteiger partial charge on any atom is 0.265 e. The SMILES string of the molecule is NC1CCN(C(=O)c2cnc(Cc3ccc(F)cc3)s2)C1. The van der Waals surface area contributed by atoms with Crippen LogP contribution in [0.4, 0.5) is 4.39 Å². The average molecular weight is 305 g/mol. The number of halogens is 1. The molecule has 0 saturated carbocycles. The van der Waals surface area contributed by atoms with Crippen LogP contribution in [-0.4, -0.2) is 34.9 Å². The van der Waals surface area contributed by atoms with Crippen molar-refractivity contribution in [2.24, 2.45) is 5.73 Å². The number of rotatable bonds is 3. The molecule has 2 N–H and O–H groups in total. The fourth-order valence-corrected chi connectivity index (χ4v) is 3.32. The van der Waals surface area contributed by atoms with Crippen LogP contribution in [0.15, 0.2) is 30.5 Å². The van der Waals surface area contributed by atoms with Crippen molar-refractivity contribution >= 4 is 17.2 Å². The second-order valence-corrected chi connectivity index (χ2v) is 6.34. The van der Waals surface area contributed by atoms with Gasteiger partial charge in [0, 0.05) is 25.6 Å². The minimum Gasteiger partial charge on any atom is -0.336 e. The molecule has 1 amide bonds. The maximum absolute atomic E-state index is 12.9. The Hall–Kier alpha value is -1.79. The van der Waals surface area contributed by atoms with Gasteiger partial charge in [-0.1, -0.05) is 12.1 Å². The summed E-state index contributed by atoms with van der Waals surface area (Å²) in [5, 5.41) is 0.855. The maximum atomic E-state index is 12.9. The highest BCUT2D eigenvalue weighted by molar-refractivity contribution is 7.13. The van der Waals surface area contributed by atoms with Crippen LogP contribution in [-0.2, 0) is 6.42 Å². The molecule has 1 aromatic carbocycles. The van der Waals surface area contributed by atoms with Crippen molar-refractivity contribution in [1.29, 1.82) is 0 Å². The van der Waals surface area contributed by atoms with Crippen molar-refractivity contribution in [3.63, 3.8) is 0 Å². The van der Waals surface area contributed by atoms with Crippen LogP contribution in [0, 0.1) is 5.82 Å². The van der Waals surface area contributed by atoms with E-state index in [2.05, 4.69) is 4.98 Å². The number of aromatic nitrogens is 1. The third kappa shape index (κ3) is 3.28. The molecule has 0 radical (unpaired) electrons. The lowest BCUT2D eigenvalue weighted by atomic mass is 10.2. The van der Waals surface area contributed by atoms with Crippen LogP contribution >= 0.6 is 11.3 Å². The molecule has 3 rings (SSSR count). The summed E-state index contributed by atoms with van der Waals surface area (Å²) in [6.07, 6.45) is 3.08. The van der Waals surface area contributed by atoms with Gasteiger partial charge in [0.15, 0.2) is 0 Å². The molecule has 1 unspecified atom stereocenters. The number of carbonyl (C=O) groups excluding carboxylic acids is 1. The summed E-state index contributed by atoms with van der Waals surface area (Å²) in [4.78, 5) is 19.0. The molecular weight excluding hydrogens is 289 g/mol. The molecule has 2 aromatic rings. The molecule has 1 saturated heterocycles. The fourth-order valence-electron chi connectivity index (χ4n) is 2.40. The van der Waals surface area contributed by atoms with E-state index in [0.29, 0.717) is 24.4 Å². The first-order valence-corrected chi connectivity index (χ1v) is 7.67. The predicted octanol–water partition coefficient (Wildman–Crippen LogP) is 2.05. The minimum atomic E-state index is -0.251. The Bertz CT molecular complexity index is 641. The number of thiazole rings is 1. The number of hydrogen-bond acceptors (Lipinski definition) is 4. The van der Waals surface area contributed by atoms with Gasteiger partial charge in [0.05, 0.1) is 11.2 Å². The minimum absolute atomic E-state index is 0.00538. The van der Waals surface area contributed by atoms with Crippen molar-refractivity contribution < 1.29 is 9.18 Å². The zero-order valence-electron chi connectivity index (χ0n) is 11.5. The Balaban J connectivity index is 1.68. The van der Waals surface area contributed by atoms with E-state index in [4.69, 9.17) is 5.73 Å². The highest BCUT2D eigenvalue weighted by Crippen LogP contribution is 2.20. The normalized spacial score (nSPS) is 18.2. The number of amides is 1. The zero-order chi connectivity index (χ0) is 14.8. The first kappa shape index (κ1) is 14.2. The number of nitrogens with zero attached hydrogens (tertiary/aromatic N) is 2. The van der Waals surface area contributed by atoms with Gasteiger partial charge < -0.3 is 10.6 Å². The smallest absolute Gasteiger partial charge is 0.265 e. The second kappa shape index (κ2) is 5.91. The first-order valence-electron chi connectivity index (χ1n) is 6.86. The number of carbonyl (C=O) groups is 1. The van der Waals surface area contributed by atoms with Gasteiger partial charge in [0.25, 0.3) is 5.91 Å². The van der Waals surface area contributed by atoms with Crippen LogP contribution in [0.5, 0.6) is 0 Å². The summed E-state index contributed by atoms with van der Waals surface area (Å²) in [6, 6.07) is 6.41. The summed E-state index contributed by atoms with van der Waals surface area (Å²) >= 11 is 1.39. The molecular formula is C15H16FN3OS. The molecule has 1 aromatic heterocycles. The Morgan fingerprint density at radius 3 is 2.86 bits per heavy atom. The summed E-state index contributed by atoms with van der Waals surface area (Å²) in [6.45, 7) is 1.33. The van der Waals surface area contributed by atoms with Gasteiger partial charge in [0.2, 0.25) is 0 Å². The Kier molecular flexibility index (Phi) is 3.98. The molecule has 110 valence electrons. The van der Waals surface area contributed by atoms with Crippen molar-refractivity contribution in [3.8, 4) is 0 Å². The van der Waals surface area contributed by atoms with Gasteiger partial charge in [-0.3, -0.25) is 4.79 Å². The van der Waals surface area contributed by atoms with Gasteiger partial charge in [-0.05, 0) is 24.1 Å². The second-order valence-electron chi connectivity index (χ2n) is 5.22. The van der Waals surface area contributed by atoms with E-state index >= 15 is 0 Å². The van der Waals surface area contributed by atoms with Gasteiger partial charge in [0.1, 0.15) is 10.7 Å². The molecule has 2 heterocycles. The lowest BCUT2D eigenvalue weighted by Gasteiger charge is -2.13. The van der Waals surface area contributed by atoms with E-state index in [0.717, 1.165) is 17.0 Å². The lowest BCUT2D eigenvalue weighted by Crippen LogP contribution is -2.31. The van der Waals surface area contributed by atoms with E-state index in [1.165, 1.54) is 23.5 Å². The summed E-state index contributed by atoms with van der Waals surface area (Å²) in [5.74, 6) is -0.245. The molecule has 21 heavy (non-hydrogen) atoms. The fraction of sp³-hybridized carbons (Fsp3) is 0.333. The van der Waals surface area contributed by atoms with Crippen LogP contribution in [0.2, 0.25) is 0 Å². The first-order chi connectivity index (χ1) is 10.1. The van der Waals surface area contributed by atoms with Crippen LogP contribution in [0.1, 0.15) is 26.7 Å². The topological polar surface area (TPSA) is 59.2 Å². The molecule has 0 spiro atoms. The number of nitrogens with two attached hydrogens (primary N) is 1. The molecule has 0 aliphatic carbocycles. The number of benzene rings is 1. The third-order valence-corrected chi connectivity index (χ3v) is 4.53. The average Bonchev–Trinajstić information content (AvgIpc) is 3.10. The van der Waals surface area contributed by atoms with Crippen LogP contribution in [0.25, 0.3) is 0 Å². The van der Waals surface area contributed by atoms with Crippen molar-refractivity contribution in [2.75, 3.05) is 13.1 Å². The number of hydrogen-bond donors (Lipinski definition) is 1. The Labute approximate surface area is 126 Å². The molecule has 1 aliphatic rings. The van der Waals surface area contributed by atoms with Gasteiger partial charge in [-0.25, -0.2) is 9.37 Å². The molecule has 1 fully saturated rings. The van der Waals surface area contributed by atoms with Gasteiger partial charge >= 0.3 is 0 Å². The number of likely N-dealkylation sites (tertiary alicyclic amines) is 1. The monoisotopic (exact) mass is 305 g/mol. The molecule has 4 nitrogen and oxygen atoms in total. The Morgan fingerprint density at radius 2 is 2.19 bits per heavy atom. The molecule has 0 bridgehead atoms. The third-order valence-electron chi connectivity index (χ3n) is 3.54.